The molecule has 0 amide bonds. The first-order valence-corrected chi connectivity index (χ1v) is 10.8. The van der Waals surface area contributed by atoms with E-state index < -0.39 is 10.0 Å². The van der Waals surface area contributed by atoms with Crippen molar-refractivity contribution in [3.8, 4) is 0 Å². The molecule has 0 atom stereocenters. The van der Waals surface area contributed by atoms with Gasteiger partial charge in [-0.15, -0.1) is 0 Å². The fraction of sp³-hybridized carbons (Fsp3) is 0.100. The van der Waals surface area contributed by atoms with Crippen molar-refractivity contribution < 1.29 is 8.42 Å². The molecule has 6 nitrogen and oxygen atoms in total. The number of rotatable bonds is 5. The number of anilines is 1. The summed E-state index contributed by atoms with van der Waals surface area (Å²) in [6, 6.07) is 18.0. The lowest BCUT2D eigenvalue weighted by Crippen LogP contribution is -2.13. The first-order chi connectivity index (χ1) is 13.4. The number of benzene rings is 3. The molecule has 0 saturated carbocycles. The standard InChI is InChI=1S/C20H18N4O2S2/c1-24(2)13-21-20-22-17-12-15(10-11-18(17)27-20)23-28(25,26)19-9-5-7-14-6-3-4-8-16(14)19/h3-13,23H,1-2H3. The van der Waals surface area contributed by atoms with Gasteiger partial charge in [0.15, 0.2) is 0 Å². The van der Waals surface area contributed by atoms with Gasteiger partial charge in [0, 0.05) is 19.5 Å². The predicted molar refractivity (Wildman–Crippen MR) is 116 cm³/mol. The second-order valence-corrected chi connectivity index (χ2v) is 9.13. The average Bonchev–Trinajstić information content (AvgIpc) is 3.08. The zero-order chi connectivity index (χ0) is 19.7. The maximum Gasteiger partial charge on any atom is 0.262 e. The Hall–Kier alpha value is -2.97. The lowest BCUT2D eigenvalue weighted by molar-refractivity contribution is 0.602. The second kappa shape index (κ2) is 7.21. The van der Waals surface area contributed by atoms with Crippen molar-refractivity contribution in [1.82, 2.24) is 9.88 Å². The van der Waals surface area contributed by atoms with Crippen molar-refractivity contribution >= 4 is 59.5 Å². The van der Waals surface area contributed by atoms with Crippen molar-refractivity contribution in [3.63, 3.8) is 0 Å². The van der Waals surface area contributed by atoms with Gasteiger partial charge in [0.25, 0.3) is 10.0 Å². The summed E-state index contributed by atoms with van der Waals surface area (Å²) in [5.41, 5.74) is 1.17. The molecule has 0 spiro atoms. The second-order valence-electron chi connectivity index (χ2n) is 6.47. The van der Waals surface area contributed by atoms with Crippen LogP contribution in [0.5, 0.6) is 0 Å². The summed E-state index contributed by atoms with van der Waals surface area (Å²) in [6.45, 7) is 0. The Labute approximate surface area is 167 Å². The molecule has 142 valence electrons. The summed E-state index contributed by atoms with van der Waals surface area (Å²) in [5.74, 6) is 0. The minimum Gasteiger partial charge on any atom is -0.369 e. The molecule has 0 bridgehead atoms. The molecule has 1 aromatic heterocycles. The van der Waals surface area contributed by atoms with Gasteiger partial charge in [-0.25, -0.2) is 18.4 Å². The Bertz CT molecular complexity index is 1290. The highest BCUT2D eigenvalue weighted by atomic mass is 32.2. The number of nitrogens with one attached hydrogen (secondary N) is 1. The molecule has 0 fully saturated rings. The van der Waals surface area contributed by atoms with Crippen LogP contribution in [-0.2, 0) is 10.0 Å². The summed E-state index contributed by atoms with van der Waals surface area (Å²) in [4.78, 5) is 10.8. The zero-order valence-corrected chi connectivity index (χ0v) is 17.0. The van der Waals surface area contributed by atoms with Crippen molar-refractivity contribution in [3.05, 3.63) is 60.7 Å². The van der Waals surface area contributed by atoms with Gasteiger partial charge in [-0.05, 0) is 29.7 Å². The van der Waals surface area contributed by atoms with Gasteiger partial charge in [0.1, 0.15) is 0 Å². The summed E-state index contributed by atoms with van der Waals surface area (Å²) in [6.07, 6.45) is 1.68. The van der Waals surface area contributed by atoms with E-state index in [1.54, 1.807) is 30.6 Å². The van der Waals surface area contributed by atoms with Crippen LogP contribution < -0.4 is 4.72 Å². The van der Waals surface area contributed by atoms with Crippen LogP contribution in [0.3, 0.4) is 0 Å². The van der Waals surface area contributed by atoms with Crippen LogP contribution in [0.15, 0.2) is 70.6 Å². The molecule has 0 unspecified atom stereocenters. The highest BCUT2D eigenvalue weighted by Gasteiger charge is 2.17. The largest absolute Gasteiger partial charge is 0.369 e. The van der Waals surface area contributed by atoms with Crippen LogP contribution >= 0.6 is 11.3 Å². The van der Waals surface area contributed by atoms with Crippen LogP contribution in [0.4, 0.5) is 10.8 Å². The molecule has 3 aromatic carbocycles. The molecule has 0 aliphatic carbocycles. The highest BCUT2D eigenvalue weighted by molar-refractivity contribution is 7.93. The van der Waals surface area contributed by atoms with Crippen LogP contribution in [0, 0.1) is 0 Å². The van der Waals surface area contributed by atoms with Crippen molar-refractivity contribution in [2.75, 3.05) is 18.8 Å². The smallest absolute Gasteiger partial charge is 0.262 e. The Balaban J connectivity index is 1.68. The molecule has 0 radical (unpaired) electrons. The van der Waals surface area contributed by atoms with E-state index in [4.69, 9.17) is 0 Å². The first kappa shape index (κ1) is 18.4. The van der Waals surface area contributed by atoms with E-state index in [1.165, 1.54) is 11.3 Å². The van der Waals surface area contributed by atoms with Gasteiger partial charge in [-0.1, -0.05) is 47.7 Å². The quantitative estimate of drug-likeness (QED) is 0.389. The van der Waals surface area contributed by atoms with E-state index in [0.717, 1.165) is 10.1 Å². The highest BCUT2D eigenvalue weighted by Crippen LogP contribution is 2.31. The molecule has 28 heavy (non-hydrogen) atoms. The molecule has 0 aliphatic rings. The summed E-state index contributed by atoms with van der Waals surface area (Å²) in [7, 11) is 0.0379. The van der Waals surface area contributed by atoms with E-state index in [0.29, 0.717) is 21.7 Å². The molecule has 4 rings (SSSR count). The first-order valence-electron chi connectivity index (χ1n) is 8.54. The number of sulfonamides is 1. The van der Waals surface area contributed by atoms with Gasteiger partial charge in [-0.2, -0.15) is 0 Å². The molecular weight excluding hydrogens is 392 g/mol. The molecule has 1 N–H and O–H groups in total. The van der Waals surface area contributed by atoms with Gasteiger partial charge >= 0.3 is 0 Å². The van der Waals surface area contributed by atoms with Crippen molar-refractivity contribution in [1.29, 1.82) is 0 Å². The molecule has 8 heteroatoms. The molecule has 0 aliphatic heterocycles. The van der Waals surface area contributed by atoms with Gasteiger partial charge < -0.3 is 4.90 Å². The van der Waals surface area contributed by atoms with Crippen LogP contribution in [0.1, 0.15) is 0 Å². The third-order valence-corrected chi connectivity index (χ3v) is 6.45. The van der Waals surface area contributed by atoms with E-state index in [2.05, 4.69) is 14.7 Å². The Kier molecular flexibility index (Phi) is 4.74. The maximum atomic E-state index is 13.0. The summed E-state index contributed by atoms with van der Waals surface area (Å²) in [5, 5.41) is 2.19. The van der Waals surface area contributed by atoms with Gasteiger partial charge in [0.2, 0.25) is 5.13 Å². The monoisotopic (exact) mass is 410 g/mol. The molecule has 4 aromatic rings. The number of fused-ring (bicyclic) bond motifs is 2. The number of nitrogens with zero attached hydrogens (tertiary/aromatic N) is 3. The van der Waals surface area contributed by atoms with Gasteiger partial charge in [-0.3, -0.25) is 4.72 Å². The average molecular weight is 411 g/mol. The SMILES string of the molecule is CN(C)C=Nc1nc2cc(NS(=O)(=O)c3cccc4ccccc34)ccc2s1. The summed E-state index contributed by atoms with van der Waals surface area (Å²) < 4.78 is 29.6. The Morgan fingerprint density at radius 1 is 1.07 bits per heavy atom. The van der Waals surface area contributed by atoms with Crippen molar-refractivity contribution in [2.24, 2.45) is 4.99 Å². The van der Waals surface area contributed by atoms with Gasteiger partial charge in [0.05, 0.1) is 27.1 Å². The van der Waals surface area contributed by atoms with Crippen LogP contribution in [0.2, 0.25) is 0 Å². The van der Waals surface area contributed by atoms with E-state index in [1.807, 2.05) is 55.4 Å². The predicted octanol–water partition coefficient (Wildman–Crippen LogP) is 4.47. The third-order valence-electron chi connectivity index (χ3n) is 4.07. The van der Waals surface area contributed by atoms with E-state index in [-0.39, 0.29) is 4.90 Å². The number of hydrogen-bond acceptors (Lipinski definition) is 5. The fourth-order valence-electron chi connectivity index (χ4n) is 2.84. The lowest BCUT2D eigenvalue weighted by Gasteiger charge is -2.10. The van der Waals surface area contributed by atoms with Crippen LogP contribution in [-0.4, -0.2) is 38.7 Å². The van der Waals surface area contributed by atoms with E-state index >= 15 is 0 Å². The minimum atomic E-state index is -3.73. The topological polar surface area (TPSA) is 74.7 Å². The zero-order valence-electron chi connectivity index (χ0n) is 15.3. The number of hydrogen-bond donors (Lipinski definition) is 1. The number of thiazole rings is 1. The maximum absolute atomic E-state index is 13.0. The number of aliphatic imine (C=N–C) groups is 1. The number of aromatic nitrogens is 1. The molecular formula is C20H18N4O2S2. The summed E-state index contributed by atoms with van der Waals surface area (Å²) >= 11 is 1.45. The Morgan fingerprint density at radius 2 is 1.86 bits per heavy atom. The van der Waals surface area contributed by atoms with Crippen molar-refractivity contribution in [2.45, 2.75) is 4.90 Å². The Morgan fingerprint density at radius 3 is 2.68 bits per heavy atom. The van der Waals surface area contributed by atoms with Crippen LogP contribution in [0.25, 0.3) is 21.0 Å². The van der Waals surface area contributed by atoms with E-state index in [9.17, 15) is 8.42 Å². The molecule has 0 saturated heterocycles. The normalized spacial score (nSPS) is 12.1. The molecule has 1 heterocycles. The lowest BCUT2D eigenvalue weighted by atomic mass is 10.1. The minimum absolute atomic E-state index is 0.250. The fourth-order valence-corrected chi connectivity index (χ4v) is 4.91. The third kappa shape index (κ3) is 3.69.